The summed E-state index contributed by atoms with van der Waals surface area (Å²) in [6, 6.07) is 12.0. The molecule has 0 unspecified atom stereocenters. The van der Waals surface area contributed by atoms with Crippen LogP contribution in [-0.2, 0) is 0 Å². The molecule has 2 atom stereocenters. The van der Waals surface area contributed by atoms with E-state index in [-0.39, 0.29) is 18.1 Å². The van der Waals surface area contributed by atoms with Crippen molar-refractivity contribution in [1.82, 2.24) is 15.5 Å². The number of hydrogen-bond donors (Lipinski definition) is 2. The van der Waals surface area contributed by atoms with Crippen molar-refractivity contribution in [3.05, 3.63) is 52.2 Å². The third-order valence-electron chi connectivity index (χ3n) is 4.21. The van der Waals surface area contributed by atoms with Gasteiger partial charge < -0.3 is 20.3 Å². The highest BCUT2D eigenvalue weighted by molar-refractivity contribution is 7.10. The number of likely N-dealkylation sites (N-methyl/N-ethyl adjacent to an activating group) is 1. The van der Waals surface area contributed by atoms with Gasteiger partial charge in [-0.15, -0.1) is 11.3 Å². The van der Waals surface area contributed by atoms with Crippen molar-refractivity contribution >= 4 is 17.4 Å². The van der Waals surface area contributed by atoms with E-state index < -0.39 is 0 Å². The number of amides is 2. The monoisotopic (exact) mass is 345 g/mol. The van der Waals surface area contributed by atoms with Gasteiger partial charge in [0, 0.05) is 23.4 Å². The van der Waals surface area contributed by atoms with Crippen molar-refractivity contribution in [2.24, 2.45) is 0 Å². The number of benzene rings is 1. The zero-order chi connectivity index (χ0) is 16.9. The molecule has 2 amide bonds. The SMILES string of the molecule is CN(C)[C@@H](CNC(=O)N[C@@H]1CCOc2ccccc21)c1cccs1. The first-order valence-corrected chi connectivity index (χ1v) is 8.99. The fourth-order valence-electron chi connectivity index (χ4n) is 2.91. The van der Waals surface area contributed by atoms with Crippen LogP contribution in [0.4, 0.5) is 4.79 Å². The van der Waals surface area contributed by atoms with E-state index in [4.69, 9.17) is 4.74 Å². The molecule has 2 heterocycles. The van der Waals surface area contributed by atoms with E-state index in [1.807, 2.05) is 44.4 Å². The molecular weight excluding hydrogens is 322 g/mol. The van der Waals surface area contributed by atoms with Gasteiger partial charge in [0.25, 0.3) is 0 Å². The maximum atomic E-state index is 12.3. The molecule has 1 aliphatic heterocycles. The molecule has 1 aliphatic rings. The summed E-state index contributed by atoms with van der Waals surface area (Å²) in [6.07, 6.45) is 0.784. The number of fused-ring (bicyclic) bond motifs is 1. The lowest BCUT2D eigenvalue weighted by atomic mass is 10.0. The summed E-state index contributed by atoms with van der Waals surface area (Å²) in [5.74, 6) is 0.860. The normalized spacial score (nSPS) is 17.7. The van der Waals surface area contributed by atoms with E-state index in [2.05, 4.69) is 27.0 Å². The van der Waals surface area contributed by atoms with Crippen molar-refractivity contribution in [2.75, 3.05) is 27.2 Å². The summed E-state index contributed by atoms with van der Waals surface area (Å²) in [5.41, 5.74) is 1.04. The van der Waals surface area contributed by atoms with Gasteiger partial charge in [-0.2, -0.15) is 0 Å². The Balaban J connectivity index is 1.58. The number of urea groups is 1. The third-order valence-corrected chi connectivity index (χ3v) is 5.19. The molecule has 1 aromatic heterocycles. The van der Waals surface area contributed by atoms with Crippen LogP contribution in [0.2, 0.25) is 0 Å². The average Bonchev–Trinajstić information content (AvgIpc) is 3.09. The van der Waals surface area contributed by atoms with Crippen LogP contribution < -0.4 is 15.4 Å². The highest BCUT2D eigenvalue weighted by Crippen LogP contribution is 2.31. The molecule has 0 aliphatic carbocycles. The minimum atomic E-state index is -0.139. The first-order valence-electron chi connectivity index (χ1n) is 8.11. The van der Waals surface area contributed by atoms with Crippen molar-refractivity contribution < 1.29 is 9.53 Å². The van der Waals surface area contributed by atoms with Gasteiger partial charge in [-0.25, -0.2) is 4.79 Å². The smallest absolute Gasteiger partial charge is 0.315 e. The minimum Gasteiger partial charge on any atom is -0.493 e. The van der Waals surface area contributed by atoms with Gasteiger partial charge in [0.15, 0.2) is 0 Å². The summed E-state index contributed by atoms with van der Waals surface area (Å²) in [7, 11) is 4.05. The van der Waals surface area contributed by atoms with Crippen molar-refractivity contribution in [3.63, 3.8) is 0 Å². The molecule has 5 nitrogen and oxygen atoms in total. The minimum absolute atomic E-state index is 0.00510. The molecule has 0 spiro atoms. The third kappa shape index (κ3) is 3.88. The number of ether oxygens (including phenoxy) is 1. The Labute approximate surface area is 146 Å². The van der Waals surface area contributed by atoms with Crippen molar-refractivity contribution in [1.29, 1.82) is 0 Å². The fraction of sp³-hybridized carbons (Fsp3) is 0.389. The van der Waals surface area contributed by atoms with Crippen LogP contribution in [0.5, 0.6) is 5.75 Å². The number of thiophene rings is 1. The second-order valence-corrected chi connectivity index (χ2v) is 7.06. The van der Waals surface area contributed by atoms with E-state index in [0.29, 0.717) is 13.2 Å². The zero-order valence-corrected chi connectivity index (χ0v) is 14.8. The van der Waals surface area contributed by atoms with Gasteiger partial charge in [-0.3, -0.25) is 0 Å². The summed E-state index contributed by atoms with van der Waals surface area (Å²) in [6.45, 7) is 1.20. The van der Waals surface area contributed by atoms with Crippen LogP contribution in [0, 0.1) is 0 Å². The number of para-hydroxylation sites is 1. The second-order valence-electron chi connectivity index (χ2n) is 6.08. The molecule has 1 aromatic carbocycles. The number of carbonyl (C=O) groups excluding carboxylic acids is 1. The van der Waals surface area contributed by atoms with E-state index in [0.717, 1.165) is 17.7 Å². The Bertz CT molecular complexity index is 673. The van der Waals surface area contributed by atoms with Crippen molar-refractivity contribution in [2.45, 2.75) is 18.5 Å². The zero-order valence-electron chi connectivity index (χ0n) is 14.0. The Morgan fingerprint density at radius 1 is 1.33 bits per heavy atom. The number of nitrogens with zero attached hydrogens (tertiary/aromatic N) is 1. The van der Waals surface area contributed by atoms with Gasteiger partial charge in [0.1, 0.15) is 5.75 Å². The van der Waals surface area contributed by atoms with E-state index in [9.17, 15) is 4.79 Å². The maximum absolute atomic E-state index is 12.3. The maximum Gasteiger partial charge on any atom is 0.315 e. The molecule has 128 valence electrons. The van der Waals surface area contributed by atoms with Crippen LogP contribution in [0.1, 0.15) is 28.9 Å². The molecule has 0 radical (unpaired) electrons. The molecular formula is C18H23N3O2S. The number of carbonyl (C=O) groups is 1. The molecule has 2 N–H and O–H groups in total. The van der Waals surface area contributed by atoms with E-state index in [1.165, 1.54) is 4.88 Å². The lowest BCUT2D eigenvalue weighted by Crippen LogP contribution is -2.42. The Morgan fingerprint density at radius 2 is 2.17 bits per heavy atom. The Kier molecular flexibility index (Phi) is 5.37. The van der Waals surface area contributed by atoms with Crippen LogP contribution in [0.15, 0.2) is 41.8 Å². The highest BCUT2D eigenvalue weighted by atomic mass is 32.1. The summed E-state index contributed by atoms with van der Waals surface area (Å²) in [5, 5.41) is 8.13. The molecule has 0 saturated carbocycles. The number of rotatable bonds is 5. The topological polar surface area (TPSA) is 53.6 Å². The Morgan fingerprint density at radius 3 is 2.92 bits per heavy atom. The molecule has 3 rings (SSSR count). The van der Waals surface area contributed by atoms with Gasteiger partial charge in [0.05, 0.1) is 18.7 Å². The molecule has 24 heavy (non-hydrogen) atoms. The molecule has 2 aromatic rings. The van der Waals surface area contributed by atoms with E-state index in [1.54, 1.807) is 11.3 Å². The number of hydrogen-bond acceptors (Lipinski definition) is 4. The quantitative estimate of drug-likeness (QED) is 0.875. The fourth-order valence-corrected chi connectivity index (χ4v) is 3.83. The lowest BCUT2D eigenvalue weighted by Gasteiger charge is -2.28. The van der Waals surface area contributed by atoms with Gasteiger partial charge in [-0.05, 0) is 31.6 Å². The summed E-state index contributed by atoms with van der Waals surface area (Å²) < 4.78 is 5.64. The first kappa shape index (κ1) is 16.8. The van der Waals surface area contributed by atoms with E-state index >= 15 is 0 Å². The predicted octanol–water partition coefficient (Wildman–Crippen LogP) is 3.17. The highest BCUT2D eigenvalue weighted by Gasteiger charge is 2.23. The molecule has 0 saturated heterocycles. The Hall–Kier alpha value is -2.05. The lowest BCUT2D eigenvalue weighted by molar-refractivity contribution is 0.218. The largest absolute Gasteiger partial charge is 0.493 e. The average molecular weight is 345 g/mol. The summed E-state index contributed by atoms with van der Waals surface area (Å²) >= 11 is 1.71. The van der Waals surface area contributed by atoms with Gasteiger partial charge in [-0.1, -0.05) is 24.3 Å². The predicted molar refractivity (Wildman–Crippen MR) is 96.6 cm³/mol. The first-order chi connectivity index (χ1) is 11.6. The van der Waals surface area contributed by atoms with Crippen LogP contribution in [0.3, 0.4) is 0 Å². The van der Waals surface area contributed by atoms with Crippen LogP contribution >= 0.6 is 11.3 Å². The number of nitrogens with one attached hydrogen (secondary N) is 2. The molecule has 0 bridgehead atoms. The molecule has 0 fully saturated rings. The van der Waals surface area contributed by atoms with Gasteiger partial charge >= 0.3 is 6.03 Å². The summed E-state index contributed by atoms with van der Waals surface area (Å²) in [4.78, 5) is 15.7. The van der Waals surface area contributed by atoms with Gasteiger partial charge in [0.2, 0.25) is 0 Å². The molecule has 6 heteroatoms. The van der Waals surface area contributed by atoms with Crippen molar-refractivity contribution in [3.8, 4) is 5.75 Å². The standard InChI is InChI=1S/C18H23N3O2S/c1-21(2)15(17-8-5-11-24-17)12-19-18(22)20-14-9-10-23-16-7-4-3-6-13(14)16/h3-8,11,14-15H,9-10,12H2,1-2H3,(H2,19,20,22)/t14-,15+/m1/s1. The van der Waals surface area contributed by atoms with Crippen LogP contribution in [-0.4, -0.2) is 38.2 Å². The second kappa shape index (κ2) is 7.68. The van der Waals surface area contributed by atoms with Crippen LogP contribution in [0.25, 0.3) is 0 Å².